The van der Waals surface area contributed by atoms with Crippen LogP contribution in [-0.2, 0) is 4.74 Å². The van der Waals surface area contributed by atoms with Gasteiger partial charge in [-0.15, -0.1) is 0 Å². The van der Waals surface area contributed by atoms with Gasteiger partial charge < -0.3 is 14.8 Å². The number of pyridine rings is 1. The van der Waals surface area contributed by atoms with E-state index in [1.165, 1.54) is 6.07 Å². The number of benzene rings is 1. The van der Waals surface area contributed by atoms with E-state index < -0.39 is 11.3 Å². The largest absolute Gasteiger partial charge is 0.506 e. The molecule has 1 aromatic heterocycles. The molecule has 0 bridgehead atoms. The van der Waals surface area contributed by atoms with Crippen molar-refractivity contribution in [3.8, 4) is 5.75 Å². The summed E-state index contributed by atoms with van der Waals surface area (Å²) in [5, 5.41) is 10.9. The second-order valence-electron chi connectivity index (χ2n) is 4.24. The van der Waals surface area contributed by atoms with E-state index in [9.17, 15) is 14.7 Å². The van der Waals surface area contributed by atoms with Gasteiger partial charge in [-0.2, -0.15) is 0 Å². The van der Waals surface area contributed by atoms with Crippen LogP contribution in [0, 0.1) is 0 Å². The standard InChI is InChI=1S/C14H14ClNO4/c1-2-20-6-5-11(17)12-13(18)9-7-8(15)3-4-10(9)16-14(12)19/h3-4,7H,2,5-6H2,1H3,(H2,16,18,19). The van der Waals surface area contributed by atoms with Crippen molar-refractivity contribution < 1.29 is 14.6 Å². The first-order valence-corrected chi connectivity index (χ1v) is 6.57. The van der Waals surface area contributed by atoms with E-state index in [1.807, 2.05) is 6.92 Å². The molecule has 2 aromatic rings. The average Bonchev–Trinajstić information content (AvgIpc) is 2.40. The Labute approximate surface area is 120 Å². The first-order chi connectivity index (χ1) is 9.54. The summed E-state index contributed by atoms with van der Waals surface area (Å²) in [6.07, 6.45) is 0.0382. The zero-order valence-corrected chi connectivity index (χ0v) is 11.7. The Morgan fingerprint density at radius 1 is 1.45 bits per heavy atom. The number of fused-ring (bicyclic) bond motifs is 1. The van der Waals surface area contributed by atoms with Gasteiger partial charge in [0.2, 0.25) is 0 Å². The maximum Gasteiger partial charge on any atom is 0.263 e. The highest BCUT2D eigenvalue weighted by Crippen LogP contribution is 2.27. The van der Waals surface area contributed by atoms with Gasteiger partial charge in [-0.05, 0) is 25.1 Å². The summed E-state index contributed by atoms with van der Waals surface area (Å²) in [6.45, 7) is 2.51. The number of carbonyl (C=O) groups excluding carboxylic acids is 1. The van der Waals surface area contributed by atoms with Crippen LogP contribution in [0.4, 0.5) is 0 Å². The molecule has 0 unspecified atom stereocenters. The zero-order chi connectivity index (χ0) is 14.7. The molecule has 0 aliphatic heterocycles. The summed E-state index contributed by atoms with van der Waals surface area (Å²) >= 11 is 5.86. The smallest absolute Gasteiger partial charge is 0.263 e. The van der Waals surface area contributed by atoms with Crippen molar-refractivity contribution in [1.29, 1.82) is 0 Å². The summed E-state index contributed by atoms with van der Waals surface area (Å²) in [6, 6.07) is 4.67. The maximum absolute atomic E-state index is 12.0. The van der Waals surface area contributed by atoms with Gasteiger partial charge in [-0.1, -0.05) is 11.6 Å². The minimum absolute atomic E-state index is 0.0382. The van der Waals surface area contributed by atoms with Crippen LogP contribution in [-0.4, -0.2) is 29.1 Å². The molecular formula is C14H14ClNO4. The number of aromatic hydroxyl groups is 1. The van der Waals surface area contributed by atoms with Crippen LogP contribution in [0.25, 0.3) is 10.9 Å². The van der Waals surface area contributed by atoms with Crippen LogP contribution in [0.5, 0.6) is 5.75 Å². The first kappa shape index (κ1) is 14.6. The molecule has 1 heterocycles. The van der Waals surface area contributed by atoms with Crippen molar-refractivity contribution in [2.75, 3.05) is 13.2 Å². The fourth-order valence-corrected chi connectivity index (χ4v) is 2.11. The predicted molar refractivity (Wildman–Crippen MR) is 76.7 cm³/mol. The van der Waals surface area contributed by atoms with Gasteiger partial charge in [-0.25, -0.2) is 0 Å². The minimum Gasteiger partial charge on any atom is -0.506 e. The van der Waals surface area contributed by atoms with Crippen LogP contribution < -0.4 is 5.56 Å². The molecule has 0 amide bonds. The number of halogens is 1. The molecule has 0 radical (unpaired) electrons. The Morgan fingerprint density at radius 3 is 2.90 bits per heavy atom. The van der Waals surface area contributed by atoms with Gasteiger partial charge in [0.05, 0.1) is 12.1 Å². The van der Waals surface area contributed by atoms with Gasteiger partial charge in [0.1, 0.15) is 11.3 Å². The second-order valence-corrected chi connectivity index (χ2v) is 4.67. The van der Waals surface area contributed by atoms with Gasteiger partial charge >= 0.3 is 0 Å². The Morgan fingerprint density at radius 2 is 2.20 bits per heavy atom. The lowest BCUT2D eigenvalue weighted by Crippen LogP contribution is -2.19. The van der Waals surface area contributed by atoms with E-state index in [-0.39, 0.29) is 24.3 Å². The molecule has 0 fully saturated rings. The molecule has 0 spiro atoms. The fraction of sp³-hybridized carbons (Fsp3) is 0.286. The lowest BCUT2D eigenvalue weighted by molar-refractivity contribution is 0.0892. The molecule has 6 heteroatoms. The number of carbonyl (C=O) groups is 1. The number of H-pyrrole nitrogens is 1. The van der Waals surface area contributed by atoms with Gasteiger partial charge in [0, 0.05) is 23.4 Å². The van der Waals surface area contributed by atoms with Crippen LogP contribution in [0.1, 0.15) is 23.7 Å². The van der Waals surface area contributed by atoms with Crippen molar-refractivity contribution in [1.82, 2.24) is 4.98 Å². The lowest BCUT2D eigenvalue weighted by atomic mass is 10.1. The lowest BCUT2D eigenvalue weighted by Gasteiger charge is -2.07. The van der Waals surface area contributed by atoms with E-state index >= 15 is 0 Å². The summed E-state index contributed by atoms with van der Waals surface area (Å²) in [5.41, 5.74) is -0.434. The van der Waals surface area contributed by atoms with Gasteiger partial charge in [-0.3, -0.25) is 9.59 Å². The molecule has 5 nitrogen and oxygen atoms in total. The monoisotopic (exact) mass is 295 g/mol. The number of ether oxygens (including phenoxy) is 1. The van der Waals surface area contributed by atoms with E-state index in [1.54, 1.807) is 12.1 Å². The zero-order valence-electron chi connectivity index (χ0n) is 10.9. The van der Waals surface area contributed by atoms with Crippen molar-refractivity contribution >= 4 is 28.3 Å². The second kappa shape index (κ2) is 6.07. The molecule has 0 aliphatic rings. The molecule has 2 rings (SSSR count). The SMILES string of the molecule is CCOCCC(=O)c1c(O)c2cc(Cl)ccc2[nH]c1=O. The van der Waals surface area contributed by atoms with Gasteiger partial charge in [0.25, 0.3) is 5.56 Å². The highest BCUT2D eigenvalue weighted by atomic mass is 35.5. The Kier molecular flexibility index (Phi) is 4.42. The molecule has 0 saturated carbocycles. The maximum atomic E-state index is 12.0. The summed E-state index contributed by atoms with van der Waals surface area (Å²) in [7, 11) is 0. The highest BCUT2D eigenvalue weighted by Gasteiger charge is 2.18. The number of nitrogens with one attached hydrogen (secondary N) is 1. The fourth-order valence-electron chi connectivity index (χ4n) is 1.94. The Bertz CT molecular complexity index is 708. The van der Waals surface area contributed by atoms with E-state index in [4.69, 9.17) is 16.3 Å². The van der Waals surface area contributed by atoms with Crippen molar-refractivity contribution in [2.45, 2.75) is 13.3 Å². The number of rotatable bonds is 5. The van der Waals surface area contributed by atoms with E-state index in [0.717, 1.165) is 0 Å². The molecular weight excluding hydrogens is 282 g/mol. The van der Waals surface area contributed by atoms with Crippen LogP contribution >= 0.6 is 11.6 Å². The summed E-state index contributed by atoms with van der Waals surface area (Å²) < 4.78 is 5.08. The third kappa shape index (κ3) is 2.84. The molecule has 0 atom stereocenters. The number of aromatic nitrogens is 1. The summed E-state index contributed by atoms with van der Waals surface area (Å²) in [5.74, 6) is -0.799. The van der Waals surface area contributed by atoms with Crippen LogP contribution in [0.2, 0.25) is 5.02 Å². The number of hydrogen-bond donors (Lipinski definition) is 2. The van der Waals surface area contributed by atoms with Crippen molar-refractivity contribution in [2.24, 2.45) is 0 Å². The van der Waals surface area contributed by atoms with E-state index in [0.29, 0.717) is 22.5 Å². The topological polar surface area (TPSA) is 79.4 Å². The Balaban J connectivity index is 2.48. The number of hydrogen-bond acceptors (Lipinski definition) is 4. The molecule has 2 N–H and O–H groups in total. The van der Waals surface area contributed by atoms with Crippen molar-refractivity contribution in [3.05, 3.63) is 39.1 Å². The number of aromatic amines is 1. The molecule has 106 valence electrons. The highest BCUT2D eigenvalue weighted by molar-refractivity contribution is 6.31. The van der Waals surface area contributed by atoms with E-state index in [2.05, 4.69) is 4.98 Å². The van der Waals surface area contributed by atoms with Gasteiger partial charge in [0.15, 0.2) is 5.78 Å². The van der Waals surface area contributed by atoms with Crippen LogP contribution in [0.3, 0.4) is 0 Å². The Hall–Kier alpha value is -1.85. The predicted octanol–water partition coefficient (Wildman–Crippen LogP) is 2.50. The molecule has 0 saturated heterocycles. The third-order valence-electron chi connectivity index (χ3n) is 2.91. The van der Waals surface area contributed by atoms with Crippen molar-refractivity contribution in [3.63, 3.8) is 0 Å². The molecule has 1 aromatic carbocycles. The normalized spacial score (nSPS) is 10.9. The first-order valence-electron chi connectivity index (χ1n) is 6.20. The quantitative estimate of drug-likeness (QED) is 0.656. The third-order valence-corrected chi connectivity index (χ3v) is 3.14. The van der Waals surface area contributed by atoms with Crippen LogP contribution in [0.15, 0.2) is 23.0 Å². The molecule has 20 heavy (non-hydrogen) atoms. The number of ketones is 1. The average molecular weight is 296 g/mol. The minimum atomic E-state index is -0.612. The number of Topliss-reactive ketones (excluding diaryl/α,β-unsaturated/α-hetero) is 1. The molecule has 0 aliphatic carbocycles. The summed E-state index contributed by atoms with van der Waals surface area (Å²) in [4.78, 5) is 26.5.